The zero-order chi connectivity index (χ0) is 12.4. The van der Waals surface area contributed by atoms with Crippen LogP contribution >= 0.6 is 27.3 Å². The van der Waals surface area contributed by atoms with E-state index in [9.17, 15) is 0 Å². The molecule has 90 valence electrons. The summed E-state index contributed by atoms with van der Waals surface area (Å²) in [5.74, 6) is 0. The molecule has 1 N–H and O–H groups in total. The van der Waals surface area contributed by atoms with Crippen LogP contribution in [0, 0.1) is 13.8 Å². The van der Waals surface area contributed by atoms with Gasteiger partial charge in [-0.1, -0.05) is 15.9 Å². The van der Waals surface area contributed by atoms with Crippen molar-refractivity contribution in [3.05, 3.63) is 38.8 Å². The maximum absolute atomic E-state index is 4.48. The van der Waals surface area contributed by atoms with Gasteiger partial charge < -0.3 is 5.32 Å². The van der Waals surface area contributed by atoms with E-state index in [0.29, 0.717) is 0 Å². The van der Waals surface area contributed by atoms with Crippen molar-refractivity contribution in [1.82, 2.24) is 10.3 Å². The third-order valence-electron chi connectivity index (χ3n) is 2.59. The van der Waals surface area contributed by atoms with Crippen LogP contribution in [0.4, 0.5) is 0 Å². The second-order valence-corrected chi connectivity index (χ2v) is 5.99. The third kappa shape index (κ3) is 2.76. The number of benzene rings is 1. The van der Waals surface area contributed by atoms with Crippen molar-refractivity contribution in [2.24, 2.45) is 0 Å². The number of halogens is 1. The molecule has 0 saturated carbocycles. The summed E-state index contributed by atoms with van der Waals surface area (Å²) in [6.07, 6.45) is 1.95. The van der Waals surface area contributed by atoms with Crippen molar-refractivity contribution in [3.63, 3.8) is 0 Å². The van der Waals surface area contributed by atoms with Crippen LogP contribution in [-0.4, -0.2) is 12.0 Å². The van der Waals surface area contributed by atoms with Gasteiger partial charge in [-0.25, -0.2) is 4.98 Å². The van der Waals surface area contributed by atoms with E-state index in [1.165, 1.54) is 26.0 Å². The highest BCUT2D eigenvalue weighted by molar-refractivity contribution is 9.10. The Morgan fingerprint density at radius 1 is 1.29 bits per heavy atom. The Balaban J connectivity index is 2.39. The normalized spacial score (nSPS) is 10.8. The first kappa shape index (κ1) is 12.7. The molecule has 0 spiro atoms. The van der Waals surface area contributed by atoms with Crippen molar-refractivity contribution < 1.29 is 0 Å². The highest BCUT2D eigenvalue weighted by Gasteiger charge is 2.08. The predicted molar refractivity (Wildman–Crippen MR) is 77.5 cm³/mol. The van der Waals surface area contributed by atoms with Crippen LogP contribution < -0.4 is 5.32 Å². The molecule has 1 aromatic heterocycles. The van der Waals surface area contributed by atoms with Gasteiger partial charge >= 0.3 is 0 Å². The molecule has 0 saturated heterocycles. The number of nitrogens with zero attached hydrogens (tertiary/aromatic N) is 1. The topological polar surface area (TPSA) is 24.9 Å². The van der Waals surface area contributed by atoms with Crippen LogP contribution in [0.1, 0.15) is 16.0 Å². The minimum absolute atomic E-state index is 0.881. The molecular formula is C13H15BrN2S. The third-order valence-corrected chi connectivity index (χ3v) is 4.89. The minimum atomic E-state index is 0.881. The molecule has 0 aliphatic carbocycles. The second-order valence-electron chi connectivity index (χ2n) is 4.09. The average Bonchev–Trinajstić information content (AvgIpc) is 2.74. The number of hydrogen-bond acceptors (Lipinski definition) is 3. The van der Waals surface area contributed by atoms with Gasteiger partial charge in [0.15, 0.2) is 0 Å². The number of aryl methyl sites for hydroxylation is 2. The van der Waals surface area contributed by atoms with Crippen molar-refractivity contribution in [2.45, 2.75) is 20.4 Å². The number of aromatic nitrogens is 1. The summed E-state index contributed by atoms with van der Waals surface area (Å²) in [6.45, 7) is 5.11. The molecule has 0 fully saturated rings. The van der Waals surface area contributed by atoms with E-state index in [1.54, 1.807) is 11.3 Å². The number of rotatable bonds is 3. The van der Waals surface area contributed by atoms with Crippen LogP contribution in [-0.2, 0) is 6.54 Å². The lowest BCUT2D eigenvalue weighted by Gasteiger charge is -2.05. The van der Waals surface area contributed by atoms with E-state index in [1.807, 2.05) is 13.2 Å². The Kier molecular flexibility index (Phi) is 3.97. The molecule has 2 aromatic rings. The van der Waals surface area contributed by atoms with Gasteiger partial charge in [0.2, 0.25) is 0 Å². The standard InChI is InChI=1S/C13H15BrN2S/c1-8-4-10(5-9(2)12(8)14)13-16-7-11(17-13)6-15-3/h4-5,7,15H,6H2,1-3H3. The van der Waals surface area contributed by atoms with Gasteiger partial charge in [-0.3, -0.25) is 0 Å². The summed E-state index contributed by atoms with van der Waals surface area (Å²) >= 11 is 5.33. The average molecular weight is 311 g/mol. The number of nitrogens with one attached hydrogen (secondary N) is 1. The lowest BCUT2D eigenvalue weighted by molar-refractivity contribution is 0.829. The molecule has 0 atom stereocenters. The van der Waals surface area contributed by atoms with Crippen molar-refractivity contribution >= 4 is 27.3 Å². The van der Waals surface area contributed by atoms with Crippen molar-refractivity contribution in [1.29, 1.82) is 0 Å². The first-order valence-corrected chi connectivity index (χ1v) is 7.09. The Morgan fingerprint density at radius 2 is 1.94 bits per heavy atom. The summed E-state index contributed by atoms with van der Waals surface area (Å²) in [7, 11) is 1.95. The smallest absolute Gasteiger partial charge is 0.123 e. The van der Waals surface area contributed by atoms with E-state index < -0.39 is 0 Å². The Hall–Kier alpha value is -0.710. The molecule has 2 rings (SSSR count). The second kappa shape index (κ2) is 5.29. The molecule has 0 aliphatic rings. The van der Waals surface area contributed by atoms with E-state index in [0.717, 1.165) is 11.6 Å². The van der Waals surface area contributed by atoms with E-state index in [2.05, 4.69) is 52.2 Å². The Morgan fingerprint density at radius 3 is 2.53 bits per heavy atom. The molecule has 2 nitrogen and oxygen atoms in total. The fourth-order valence-electron chi connectivity index (χ4n) is 1.77. The molecule has 1 heterocycles. The minimum Gasteiger partial charge on any atom is -0.315 e. The van der Waals surface area contributed by atoms with E-state index in [4.69, 9.17) is 0 Å². The van der Waals surface area contributed by atoms with Crippen LogP contribution in [0.2, 0.25) is 0 Å². The number of thiazole rings is 1. The van der Waals surface area contributed by atoms with Gasteiger partial charge in [-0.2, -0.15) is 0 Å². The first-order valence-electron chi connectivity index (χ1n) is 5.48. The van der Waals surface area contributed by atoms with Gasteiger partial charge in [-0.05, 0) is 44.2 Å². The summed E-state index contributed by atoms with van der Waals surface area (Å²) in [5.41, 5.74) is 3.71. The fourth-order valence-corrected chi connectivity index (χ4v) is 2.91. The van der Waals surface area contributed by atoms with E-state index in [-0.39, 0.29) is 0 Å². The summed E-state index contributed by atoms with van der Waals surface area (Å²) in [6, 6.07) is 4.36. The van der Waals surface area contributed by atoms with Gasteiger partial charge in [0.05, 0.1) is 0 Å². The fraction of sp³-hybridized carbons (Fsp3) is 0.308. The van der Waals surface area contributed by atoms with Gasteiger partial charge in [0.25, 0.3) is 0 Å². The van der Waals surface area contributed by atoms with Crippen LogP contribution in [0.15, 0.2) is 22.8 Å². The molecule has 0 bridgehead atoms. The maximum atomic E-state index is 4.48. The van der Waals surface area contributed by atoms with Gasteiger partial charge in [0, 0.05) is 27.7 Å². The van der Waals surface area contributed by atoms with Crippen molar-refractivity contribution in [3.8, 4) is 10.6 Å². The highest BCUT2D eigenvalue weighted by atomic mass is 79.9. The van der Waals surface area contributed by atoms with Crippen LogP contribution in [0.25, 0.3) is 10.6 Å². The molecule has 0 radical (unpaired) electrons. The molecule has 17 heavy (non-hydrogen) atoms. The molecule has 4 heteroatoms. The number of hydrogen-bond donors (Lipinski definition) is 1. The zero-order valence-electron chi connectivity index (χ0n) is 10.2. The monoisotopic (exact) mass is 310 g/mol. The lowest BCUT2D eigenvalue weighted by Crippen LogP contribution is -2.02. The Bertz CT molecular complexity index is 511. The van der Waals surface area contributed by atoms with Crippen LogP contribution in [0.3, 0.4) is 0 Å². The first-order chi connectivity index (χ1) is 8.11. The van der Waals surface area contributed by atoms with Gasteiger partial charge in [-0.15, -0.1) is 11.3 Å². The zero-order valence-corrected chi connectivity index (χ0v) is 12.6. The molecule has 1 aromatic carbocycles. The molecule has 0 amide bonds. The van der Waals surface area contributed by atoms with Crippen LogP contribution in [0.5, 0.6) is 0 Å². The SMILES string of the molecule is CNCc1cnc(-c2cc(C)c(Br)c(C)c2)s1. The largest absolute Gasteiger partial charge is 0.315 e. The van der Waals surface area contributed by atoms with Gasteiger partial charge in [0.1, 0.15) is 5.01 Å². The predicted octanol–water partition coefficient (Wildman–Crippen LogP) is 3.91. The molecule has 0 unspecified atom stereocenters. The quantitative estimate of drug-likeness (QED) is 0.929. The highest BCUT2D eigenvalue weighted by Crippen LogP contribution is 2.30. The maximum Gasteiger partial charge on any atom is 0.123 e. The lowest BCUT2D eigenvalue weighted by atomic mass is 10.1. The van der Waals surface area contributed by atoms with Crippen molar-refractivity contribution in [2.75, 3.05) is 7.05 Å². The molecule has 0 aliphatic heterocycles. The summed E-state index contributed by atoms with van der Waals surface area (Å²) in [4.78, 5) is 5.74. The Labute approximate surface area is 114 Å². The summed E-state index contributed by atoms with van der Waals surface area (Å²) < 4.78 is 1.19. The summed E-state index contributed by atoms with van der Waals surface area (Å²) in [5, 5.41) is 4.24. The molecular weight excluding hydrogens is 296 g/mol. The van der Waals surface area contributed by atoms with E-state index >= 15 is 0 Å².